The van der Waals surface area contributed by atoms with Gasteiger partial charge in [-0.05, 0) is 73.9 Å². The van der Waals surface area contributed by atoms with Crippen molar-refractivity contribution in [3.05, 3.63) is 82.5 Å². The summed E-state index contributed by atoms with van der Waals surface area (Å²) >= 11 is 6.18. The summed E-state index contributed by atoms with van der Waals surface area (Å²) in [6, 6.07) is 16.9. The summed E-state index contributed by atoms with van der Waals surface area (Å²) < 4.78 is 1.86. The van der Waals surface area contributed by atoms with Crippen LogP contribution in [0.3, 0.4) is 0 Å². The van der Waals surface area contributed by atoms with Crippen molar-refractivity contribution in [2.45, 2.75) is 20.8 Å². The minimum Gasteiger partial charge on any atom is -0.308 e. The van der Waals surface area contributed by atoms with Crippen LogP contribution < -0.4 is 10.6 Å². The first-order valence-corrected chi connectivity index (χ1v) is 9.68. The highest BCUT2D eigenvalue weighted by atomic mass is 35.5. The van der Waals surface area contributed by atoms with Gasteiger partial charge in [0, 0.05) is 22.5 Å². The van der Waals surface area contributed by atoms with Crippen molar-refractivity contribution in [1.29, 1.82) is 0 Å². The lowest BCUT2D eigenvalue weighted by molar-refractivity contribution is 0.262. The molecule has 2 N–H and O–H groups in total. The van der Waals surface area contributed by atoms with Gasteiger partial charge in [-0.2, -0.15) is 0 Å². The van der Waals surface area contributed by atoms with E-state index in [-0.39, 0.29) is 6.03 Å². The number of fused-ring (bicyclic) bond motifs is 1. The lowest BCUT2D eigenvalue weighted by Gasteiger charge is -2.11. The molecule has 0 radical (unpaired) electrons. The molecule has 0 aliphatic rings. The van der Waals surface area contributed by atoms with Crippen LogP contribution in [-0.2, 0) is 0 Å². The molecule has 0 saturated carbocycles. The Bertz CT molecular complexity index is 1230. The molecule has 4 aromatic rings. The number of carbonyl (C=O) groups is 1. The second kappa shape index (κ2) is 7.60. The Morgan fingerprint density at radius 1 is 0.966 bits per heavy atom. The first-order valence-electron chi connectivity index (χ1n) is 9.30. The van der Waals surface area contributed by atoms with E-state index in [1.807, 2.05) is 86.0 Å². The number of carbonyl (C=O) groups excluding carboxylic acids is 1. The van der Waals surface area contributed by atoms with Crippen LogP contribution in [0.25, 0.3) is 16.9 Å². The van der Waals surface area contributed by atoms with Crippen LogP contribution in [0.2, 0.25) is 5.02 Å². The number of imidazole rings is 1. The van der Waals surface area contributed by atoms with Gasteiger partial charge in [0.05, 0.1) is 0 Å². The number of aromatic nitrogens is 2. The smallest absolute Gasteiger partial charge is 0.308 e. The molecule has 0 fully saturated rings. The number of nitrogens with zero attached hydrogens (tertiary/aromatic N) is 2. The van der Waals surface area contributed by atoms with Gasteiger partial charge in [-0.3, -0.25) is 9.72 Å². The number of hydrogen-bond acceptors (Lipinski definition) is 2. The largest absolute Gasteiger partial charge is 0.324 e. The van der Waals surface area contributed by atoms with E-state index in [0.29, 0.717) is 16.5 Å². The van der Waals surface area contributed by atoms with Gasteiger partial charge in [-0.1, -0.05) is 29.8 Å². The van der Waals surface area contributed by atoms with Gasteiger partial charge in [0.1, 0.15) is 17.2 Å². The summed E-state index contributed by atoms with van der Waals surface area (Å²) in [5, 5.41) is 6.47. The number of benzene rings is 2. The molecule has 6 heteroatoms. The number of aryl methyl sites for hydroxylation is 3. The Kier molecular flexibility index (Phi) is 4.99. The normalized spacial score (nSPS) is 10.9. The molecule has 2 aromatic heterocycles. The van der Waals surface area contributed by atoms with Gasteiger partial charge in [0.25, 0.3) is 0 Å². The third kappa shape index (κ3) is 3.96. The van der Waals surface area contributed by atoms with Crippen molar-refractivity contribution in [3.63, 3.8) is 0 Å². The molecule has 0 unspecified atom stereocenters. The van der Waals surface area contributed by atoms with E-state index >= 15 is 0 Å². The number of urea groups is 1. The topological polar surface area (TPSA) is 58.4 Å². The Labute approximate surface area is 174 Å². The van der Waals surface area contributed by atoms with Gasteiger partial charge in [0.2, 0.25) is 0 Å². The number of pyridine rings is 1. The van der Waals surface area contributed by atoms with Crippen LogP contribution in [0.1, 0.15) is 16.7 Å². The highest BCUT2D eigenvalue weighted by Crippen LogP contribution is 2.31. The minimum absolute atomic E-state index is 0.334. The SMILES string of the molecule is Cc1ccn2c(NC(=O)Nc3ccc(C)c(C)c3)c(-c3cccc(Cl)c3)nc2c1. The zero-order valence-electron chi connectivity index (χ0n) is 16.5. The van der Waals surface area contributed by atoms with Crippen molar-refractivity contribution in [2.24, 2.45) is 0 Å². The summed E-state index contributed by atoms with van der Waals surface area (Å²) in [5.74, 6) is 0.587. The summed E-state index contributed by atoms with van der Waals surface area (Å²) in [7, 11) is 0. The molecule has 0 bridgehead atoms. The molecule has 2 aromatic carbocycles. The fourth-order valence-corrected chi connectivity index (χ4v) is 3.38. The Morgan fingerprint density at radius 2 is 1.79 bits per heavy atom. The lowest BCUT2D eigenvalue weighted by atomic mass is 10.1. The number of hydrogen-bond donors (Lipinski definition) is 2. The summed E-state index contributed by atoms with van der Waals surface area (Å²) in [6.45, 7) is 6.06. The monoisotopic (exact) mass is 404 g/mol. The summed E-state index contributed by atoms with van der Waals surface area (Å²) in [6.07, 6.45) is 1.90. The fourth-order valence-electron chi connectivity index (χ4n) is 3.19. The van der Waals surface area contributed by atoms with Crippen molar-refractivity contribution >= 4 is 34.8 Å². The number of anilines is 2. The predicted molar refractivity (Wildman–Crippen MR) is 119 cm³/mol. The first-order chi connectivity index (χ1) is 13.9. The zero-order chi connectivity index (χ0) is 20.5. The van der Waals surface area contributed by atoms with Crippen molar-refractivity contribution < 1.29 is 4.79 Å². The average molecular weight is 405 g/mol. The van der Waals surface area contributed by atoms with E-state index in [1.165, 1.54) is 5.56 Å². The van der Waals surface area contributed by atoms with Crippen LogP contribution in [-0.4, -0.2) is 15.4 Å². The molecular formula is C23H21ClN4O. The molecule has 0 spiro atoms. The number of amides is 2. The standard InChI is InChI=1S/C23H21ClN4O/c1-14-9-10-28-20(11-14)26-21(17-5-4-6-18(24)13-17)22(28)27-23(29)25-19-8-7-15(2)16(3)12-19/h4-13H,1-3H3,(H2,25,27,29). The van der Waals surface area contributed by atoms with E-state index in [1.54, 1.807) is 0 Å². The first kappa shape index (κ1) is 19.0. The van der Waals surface area contributed by atoms with Crippen LogP contribution >= 0.6 is 11.6 Å². The van der Waals surface area contributed by atoms with Gasteiger partial charge in [-0.25, -0.2) is 9.78 Å². The van der Waals surface area contributed by atoms with Crippen LogP contribution in [0.15, 0.2) is 60.8 Å². The van der Waals surface area contributed by atoms with E-state index < -0.39 is 0 Å². The summed E-state index contributed by atoms with van der Waals surface area (Å²) in [5.41, 5.74) is 6.37. The molecule has 0 aliphatic carbocycles. The van der Waals surface area contributed by atoms with Gasteiger partial charge in [-0.15, -0.1) is 0 Å². The predicted octanol–water partition coefficient (Wildman–Crippen LogP) is 6.22. The highest BCUT2D eigenvalue weighted by Gasteiger charge is 2.17. The van der Waals surface area contributed by atoms with Gasteiger partial charge in [0.15, 0.2) is 0 Å². The minimum atomic E-state index is -0.334. The van der Waals surface area contributed by atoms with Crippen molar-refractivity contribution in [2.75, 3.05) is 10.6 Å². The van der Waals surface area contributed by atoms with Gasteiger partial charge < -0.3 is 5.32 Å². The molecule has 4 rings (SSSR count). The van der Waals surface area contributed by atoms with Crippen LogP contribution in [0.5, 0.6) is 0 Å². The molecule has 2 heterocycles. The van der Waals surface area contributed by atoms with E-state index in [2.05, 4.69) is 10.6 Å². The number of halogens is 1. The van der Waals surface area contributed by atoms with E-state index in [9.17, 15) is 4.79 Å². The maximum Gasteiger partial charge on any atom is 0.324 e. The third-order valence-corrected chi connectivity index (χ3v) is 5.11. The van der Waals surface area contributed by atoms with Crippen molar-refractivity contribution in [1.82, 2.24) is 9.38 Å². The quantitative estimate of drug-likeness (QED) is 0.425. The van der Waals surface area contributed by atoms with Crippen molar-refractivity contribution in [3.8, 4) is 11.3 Å². The Morgan fingerprint density at radius 3 is 2.55 bits per heavy atom. The summed E-state index contributed by atoms with van der Waals surface area (Å²) in [4.78, 5) is 17.5. The third-order valence-electron chi connectivity index (χ3n) is 4.88. The Balaban J connectivity index is 1.72. The number of nitrogens with one attached hydrogen (secondary N) is 2. The van der Waals surface area contributed by atoms with Crippen LogP contribution in [0.4, 0.5) is 16.3 Å². The van der Waals surface area contributed by atoms with E-state index in [4.69, 9.17) is 16.6 Å². The molecule has 0 atom stereocenters. The molecule has 2 amide bonds. The zero-order valence-corrected chi connectivity index (χ0v) is 17.2. The molecular weight excluding hydrogens is 384 g/mol. The molecule has 146 valence electrons. The van der Waals surface area contributed by atoms with Gasteiger partial charge >= 0.3 is 6.03 Å². The second-order valence-corrected chi connectivity index (χ2v) is 7.57. The Hall–Kier alpha value is -3.31. The maximum absolute atomic E-state index is 12.7. The number of rotatable bonds is 3. The van der Waals surface area contributed by atoms with Crippen LogP contribution in [0, 0.1) is 20.8 Å². The average Bonchev–Trinajstić information content (AvgIpc) is 3.02. The molecule has 0 aliphatic heterocycles. The molecule has 0 saturated heterocycles. The molecule has 29 heavy (non-hydrogen) atoms. The second-order valence-electron chi connectivity index (χ2n) is 7.13. The lowest BCUT2D eigenvalue weighted by Crippen LogP contribution is -2.21. The van der Waals surface area contributed by atoms with E-state index in [0.717, 1.165) is 28.0 Å². The molecule has 5 nitrogen and oxygen atoms in total. The fraction of sp³-hybridized carbons (Fsp3) is 0.130. The highest BCUT2D eigenvalue weighted by molar-refractivity contribution is 6.30. The maximum atomic E-state index is 12.7.